The maximum Gasteiger partial charge on any atom is 0.262 e. The molecule has 2 amide bonds. The van der Waals surface area contributed by atoms with Crippen molar-refractivity contribution in [3.05, 3.63) is 71.3 Å². The molecule has 9 nitrogen and oxygen atoms in total. The number of aryl methyl sites for hydroxylation is 2. The average molecular weight is 533 g/mol. The predicted molar refractivity (Wildman–Crippen MR) is 152 cm³/mol. The Morgan fingerprint density at radius 1 is 0.974 bits per heavy atom. The molecule has 0 unspecified atom stereocenters. The third kappa shape index (κ3) is 6.84. The van der Waals surface area contributed by atoms with Crippen LogP contribution in [0.1, 0.15) is 54.8 Å². The van der Waals surface area contributed by atoms with Gasteiger partial charge in [-0.3, -0.25) is 14.5 Å². The largest absolute Gasteiger partial charge is 0.493 e. The van der Waals surface area contributed by atoms with Gasteiger partial charge in [-0.1, -0.05) is 30.3 Å². The van der Waals surface area contributed by atoms with E-state index in [1.54, 1.807) is 4.68 Å². The lowest BCUT2D eigenvalue weighted by atomic mass is 10.1. The third-order valence-corrected chi connectivity index (χ3v) is 7.12. The summed E-state index contributed by atoms with van der Waals surface area (Å²) in [7, 11) is 0. The maximum absolute atomic E-state index is 14.1. The van der Waals surface area contributed by atoms with Gasteiger partial charge >= 0.3 is 0 Å². The summed E-state index contributed by atoms with van der Waals surface area (Å²) in [6.07, 6.45) is 0.806. The molecule has 1 aliphatic heterocycles. The van der Waals surface area contributed by atoms with Gasteiger partial charge in [-0.2, -0.15) is 5.10 Å². The van der Waals surface area contributed by atoms with E-state index < -0.39 is 0 Å². The predicted octanol–water partition coefficient (Wildman–Crippen LogP) is 4.08. The Bertz CT molecular complexity index is 1290. The summed E-state index contributed by atoms with van der Waals surface area (Å²) in [5, 5.41) is 4.40. The molecule has 0 N–H and O–H groups in total. The van der Waals surface area contributed by atoms with E-state index in [2.05, 4.69) is 28.8 Å². The molecule has 1 aromatic heterocycles. The number of aromatic nitrogens is 3. The zero-order valence-electron chi connectivity index (χ0n) is 23.8. The van der Waals surface area contributed by atoms with Gasteiger partial charge in [0.1, 0.15) is 23.9 Å². The zero-order valence-corrected chi connectivity index (χ0v) is 23.8. The highest BCUT2D eigenvalue weighted by molar-refractivity contribution is 6.08. The van der Waals surface area contributed by atoms with Gasteiger partial charge in [0.2, 0.25) is 5.91 Å². The van der Waals surface area contributed by atoms with Crippen LogP contribution in [0.4, 0.5) is 5.69 Å². The van der Waals surface area contributed by atoms with E-state index >= 15 is 0 Å². The first kappa shape index (κ1) is 28.3. The number of carbonyl (C=O) groups excluding carboxylic acids is 2. The summed E-state index contributed by atoms with van der Waals surface area (Å²) in [4.78, 5) is 38.1. The van der Waals surface area contributed by atoms with Gasteiger partial charge in [0.25, 0.3) is 5.91 Å². The second kappa shape index (κ2) is 12.9. The number of nitrogens with zero attached hydrogens (tertiary/aromatic N) is 6. The molecule has 1 aliphatic rings. The van der Waals surface area contributed by atoms with Crippen molar-refractivity contribution in [1.29, 1.82) is 0 Å². The van der Waals surface area contributed by atoms with Crippen molar-refractivity contribution < 1.29 is 14.3 Å². The summed E-state index contributed by atoms with van der Waals surface area (Å²) >= 11 is 0. The van der Waals surface area contributed by atoms with Gasteiger partial charge in [0.05, 0.1) is 12.2 Å². The highest BCUT2D eigenvalue weighted by Crippen LogP contribution is 2.28. The number of hydrogen-bond donors (Lipinski definition) is 0. The molecule has 2 aromatic carbocycles. The molecule has 0 saturated heterocycles. The molecular formula is C30H40N6O3. The fraction of sp³-hybridized carbons (Fsp3) is 0.467. The second-order valence-corrected chi connectivity index (χ2v) is 10.2. The van der Waals surface area contributed by atoms with E-state index in [4.69, 9.17) is 4.74 Å². The van der Waals surface area contributed by atoms with Crippen molar-refractivity contribution in [2.24, 2.45) is 0 Å². The summed E-state index contributed by atoms with van der Waals surface area (Å²) in [5.41, 5.74) is 2.28. The monoisotopic (exact) mass is 532 g/mol. The quantitative estimate of drug-likeness (QED) is 0.476. The topological polar surface area (TPSA) is 83.8 Å². The molecule has 0 spiro atoms. The molecule has 0 bridgehead atoms. The lowest BCUT2D eigenvalue weighted by Crippen LogP contribution is -2.42. The number of hydrogen-bond acceptors (Lipinski definition) is 6. The van der Waals surface area contributed by atoms with E-state index in [-0.39, 0.29) is 18.4 Å². The molecule has 4 rings (SSSR count). The Morgan fingerprint density at radius 2 is 1.72 bits per heavy atom. The lowest BCUT2D eigenvalue weighted by molar-refractivity contribution is -0.133. The van der Waals surface area contributed by atoms with E-state index in [9.17, 15) is 9.59 Å². The van der Waals surface area contributed by atoms with Crippen LogP contribution in [0, 0.1) is 13.8 Å². The van der Waals surface area contributed by atoms with Crippen LogP contribution < -0.4 is 9.64 Å². The molecular weight excluding hydrogens is 492 g/mol. The molecule has 0 saturated carbocycles. The highest BCUT2D eigenvalue weighted by Gasteiger charge is 2.26. The fourth-order valence-corrected chi connectivity index (χ4v) is 5.06. The Balaban J connectivity index is 1.71. The Kier molecular flexibility index (Phi) is 9.35. The second-order valence-electron chi connectivity index (χ2n) is 10.2. The Morgan fingerprint density at radius 3 is 2.44 bits per heavy atom. The molecule has 0 radical (unpaired) electrons. The Labute approximate surface area is 231 Å². The Hall–Kier alpha value is -3.72. The summed E-state index contributed by atoms with van der Waals surface area (Å²) in [6.45, 7) is 13.7. The number of para-hydroxylation sites is 2. The summed E-state index contributed by atoms with van der Waals surface area (Å²) < 4.78 is 7.46. The number of rotatable bonds is 6. The number of fused-ring (bicyclic) bond motifs is 1. The standard InChI is InChI=1S/C30H40N6O3/c1-6-39-28-15-10-8-13-26(28)30(38)35-17-11-16-33(22(2)3)18-19-34(20-25-12-7-9-14-27(25)35)29(37)21-36-24(5)31-23(4)32-36/h7-10,12-15,22H,6,11,16-21H2,1-5H3. The number of benzene rings is 2. The van der Waals surface area contributed by atoms with E-state index in [0.717, 1.165) is 30.8 Å². The van der Waals surface area contributed by atoms with Crippen LogP contribution in [0.15, 0.2) is 48.5 Å². The molecule has 0 atom stereocenters. The molecule has 0 fully saturated rings. The van der Waals surface area contributed by atoms with Crippen molar-refractivity contribution in [3.63, 3.8) is 0 Å². The van der Waals surface area contributed by atoms with Crippen molar-refractivity contribution in [3.8, 4) is 5.75 Å². The van der Waals surface area contributed by atoms with Crippen molar-refractivity contribution in [1.82, 2.24) is 24.6 Å². The number of carbonyl (C=O) groups is 2. The van der Waals surface area contributed by atoms with Crippen LogP contribution in [0.3, 0.4) is 0 Å². The maximum atomic E-state index is 14.1. The molecule has 9 heteroatoms. The van der Waals surface area contributed by atoms with Crippen molar-refractivity contribution in [2.45, 2.75) is 60.2 Å². The normalized spacial score (nSPS) is 15.1. The first-order chi connectivity index (χ1) is 18.8. The van der Waals surface area contributed by atoms with E-state index in [1.165, 1.54) is 0 Å². The van der Waals surface area contributed by atoms with Gasteiger partial charge < -0.3 is 14.5 Å². The molecule has 0 aliphatic carbocycles. The summed E-state index contributed by atoms with van der Waals surface area (Å²) in [5.74, 6) is 1.81. The zero-order chi connectivity index (χ0) is 27.9. The van der Waals surface area contributed by atoms with Gasteiger partial charge in [0, 0.05) is 44.5 Å². The van der Waals surface area contributed by atoms with Crippen LogP contribution in [-0.4, -0.2) is 75.2 Å². The summed E-state index contributed by atoms with van der Waals surface area (Å²) in [6, 6.07) is 15.6. The lowest BCUT2D eigenvalue weighted by Gasteiger charge is -2.30. The first-order valence-electron chi connectivity index (χ1n) is 13.8. The smallest absolute Gasteiger partial charge is 0.262 e. The van der Waals surface area contributed by atoms with Gasteiger partial charge in [-0.25, -0.2) is 9.67 Å². The van der Waals surface area contributed by atoms with Gasteiger partial charge in [-0.05, 0) is 64.8 Å². The first-order valence-corrected chi connectivity index (χ1v) is 13.8. The number of anilines is 1. The van der Waals surface area contributed by atoms with Crippen LogP contribution >= 0.6 is 0 Å². The van der Waals surface area contributed by atoms with Crippen LogP contribution in [-0.2, 0) is 17.9 Å². The fourth-order valence-electron chi connectivity index (χ4n) is 5.06. The third-order valence-electron chi connectivity index (χ3n) is 7.12. The van der Waals surface area contributed by atoms with Crippen LogP contribution in [0.2, 0.25) is 0 Å². The van der Waals surface area contributed by atoms with Gasteiger partial charge in [0.15, 0.2) is 0 Å². The van der Waals surface area contributed by atoms with Crippen molar-refractivity contribution >= 4 is 17.5 Å². The van der Waals surface area contributed by atoms with Crippen LogP contribution in [0.25, 0.3) is 0 Å². The van der Waals surface area contributed by atoms with Crippen molar-refractivity contribution in [2.75, 3.05) is 37.7 Å². The SMILES string of the molecule is CCOc1ccccc1C(=O)N1CCCN(C(C)C)CCN(C(=O)Cn2nc(C)nc2C)Cc2ccccc21. The molecule has 208 valence electrons. The van der Waals surface area contributed by atoms with E-state index in [1.807, 2.05) is 79.1 Å². The average Bonchev–Trinajstić information content (AvgIpc) is 3.21. The number of amides is 2. The number of ether oxygens (including phenoxy) is 1. The highest BCUT2D eigenvalue weighted by atomic mass is 16.5. The molecule has 39 heavy (non-hydrogen) atoms. The minimum absolute atomic E-state index is 0.0275. The minimum Gasteiger partial charge on any atom is -0.493 e. The minimum atomic E-state index is -0.103. The molecule has 3 aromatic rings. The molecule has 2 heterocycles. The van der Waals surface area contributed by atoms with E-state index in [0.29, 0.717) is 55.2 Å². The van der Waals surface area contributed by atoms with Crippen LogP contribution in [0.5, 0.6) is 5.75 Å². The van der Waals surface area contributed by atoms with Gasteiger partial charge in [-0.15, -0.1) is 0 Å².